The fourth-order valence-corrected chi connectivity index (χ4v) is 5.55. The second-order valence-corrected chi connectivity index (χ2v) is 9.24. The fourth-order valence-electron chi connectivity index (χ4n) is 5.55. The van der Waals surface area contributed by atoms with Crippen LogP contribution in [-0.4, -0.2) is 66.8 Å². The Labute approximate surface area is 174 Å². The van der Waals surface area contributed by atoms with E-state index in [4.69, 9.17) is 0 Å². The summed E-state index contributed by atoms with van der Waals surface area (Å²) in [7, 11) is 0. The molecule has 0 aromatic heterocycles. The molecule has 2 saturated heterocycles. The SMILES string of the molecule is OCCC1CN(CC2CNNC2c2ccc(F)cc2)CCN1CC1CCCCC1. The third-order valence-electron chi connectivity index (χ3n) is 7.18. The van der Waals surface area contributed by atoms with Crippen LogP contribution in [0.4, 0.5) is 4.39 Å². The van der Waals surface area contributed by atoms with Gasteiger partial charge in [-0.25, -0.2) is 9.82 Å². The van der Waals surface area contributed by atoms with Crippen molar-refractivity contribution >= 4 is 0 Å². The van der Waals surface area contributed by atoms with E-state index in [1.807, 2.05) is 12.1 Å². The quantitative estimate of drug-likeness (QED) is 0.652. The third kappa shape index (κ3) is 5.56. The standard InChI is InChI=1S/C23H37FN4O/c24-21-8-6-19(7-9-21)23-20(14-25-26-23)16-27-11-12-28(22(17-27)10-13-29)15-18-4-2-1-3-5-18/h6-9,18,20,22-23,25-26,29H,1-5,10-17H2. The van der Waals surface area contributed by atoms with Crippen molar-refractivity contribution in [3.8, 4) is 0 Å². The molecule has 0 spiro atoms. The van der Waals surface area contributed by atoms with Crippen molar-refractivity contribution in [2.24, 2.45) is 11.8 Å². The van der Waals surface area contributed by atoms with E-state index >= 15 is 0 Å². The summed E-state index contributed by atoms with van der Waals surface area (Å²) < 4.78 is 13.3. The molecule has 2 heterocycles. The van der Waals surface area contributed by atoms with Crippen LogP contribution in [0.3, 0.4) is 0 Å². The Morgan fingerprint density at radius 3 is 2.59 bits per heavy atom. The summed E-state index contributed by atoms with van der Waals surface area (Å²) in [5.74, 6) is 1.12. The minimum absolute atomic E-state index is 0.183. The first kappa shape index (κ1) is 21.2. The number of hydrogen-bond donors (Lipinski definition) is 3. The van der Waals surface area contributed by atoms with E-state index in [2.05, 4.69) is 20.7 Å². The van der Waals surface area contributed by atoms with Crippen molar-refractivity contribution in [3.63, 3.8) is 0 Å². The molecule has 4 rings (SSSR count). The average molecular weight is 405 g/mol. The van der Waals surface area contributed by atoms with Crippen LogP contribution in [0.2, 0.25) is 0 Å². The highest BCUT2D eigenvalue weighted by atomic mass is 19.1. The molecule has 1 aromatic rings. The summed E-state index contributed by atoms with van der Waals surface area (Å²) in [4.78, 5) is 5.23. The number of nitrogens with one attached hydrogen (secondary N) is 2. The van der Waals surface area contributed by atoms with Crippen LogP contribution in [0.5, 0.6) is 0 Å². The number of piperazine rings is 1. The van der Waals surface area contributed by atoms with Gasteiger partial charge < -0.3 is 10.0 Å². The summed E-state index contributed by atoms with van der Waals surface area (Å²) in [6.45, 7) is 6.68. The lowest BCUT2D eigenvalue weighted by Gasteiger charge is -2.44. The maximum absolute atomic E-state index is 13.3. The molecule has 1 aliphatic carbocycles. The largest absolute Gasteiger partial charge is 0.396 e. The highest BCUT2D eigenvalue weighted by Crippen LogP contribution is 2.29. The van der Waals surface area contributed by atoms with Crippen molar-refractivity contribution in [1.82, 2.24) is 20.7 Å². The van der Waals surface area contributed by atoms with Crippen molar-refractivity contribution in [2.75, 3.05) is 45.9 Å². The molecule has 5 nitrogen and oxygen atoms in total. The number of hydrazine groups is 1. The molecule has 3 N–H and O–H groups in total. The number of aliphatic hydroxyl groups is 1. The average Bonchev–Trinajstić information content (AvgIpc) is 3.19. The first-order valence-corrected chi connectivity index (χ1v) is 11.5. The van der Waals surface area contributed by atoms with Crippen molar-refractivity contribution < 1.29 is 9.50 Å². The minimum atomic E-state index is -0.183. The van der Waals surface area contributed by atoms with Crippen molar-refractivity contribution in [2.45, 2.75) is 50.6 Å². The van der Waals surface area contributed by atoms with Gasteiger partial charge in [-0.05, 0) is 42.9 Å². The molecular weight excluding hydrogens is 367 g/mol. The fraction of sp³-hybridized carbons (Fsp3) is 0.739. The van der Waals surface area contributed by atoms with Crippen LogP contribution in [0, 0.1) is 17.7 Å². The number of rotatable bonds is 7. The van der Waals surface area contributed by atoms with Crippen molar-refractivity contribution in [1.29, 1.82) is 0 Å². The summed E-state index contributed by atoms with van der Waals surface area (Å²) in [6.07, 6.45) is 7.81. The van der Waals surface area contributed by atoms with Crippen LogP contribution in [0.15, 0.2) is 24.3 Å². The molecule has 0 amide bonds. The van der Waals surface area contributed by atoms with Gasteiger partial charge in [0.2, 0.25) is 0 Å². The molecule has 6 heteroatoms. The summed E-state index contributed by atoms with van der Waals surface area (Å²) in [5, 5.41) is 9.63. The maximum atomic E-state index is 13.3. The van der Waals surface area contributed by atoms with Gasteiger partial charge in [-0.1, -0.05) is 31.4 Å². The van der Waals surface area contributed by atoms with Gasteiger partial charge in [0.15, 0.2) is 0 Å². The summed E-state index contributed by atoms with van der Waals surface area (Å²) in [5.41, 5.74) is 7.83. The maximum Gasteiger partial charge on any atom is 0.123 e. The van der Waals surface area contributed by atoms with Crippen molar-refractivity contribution in [3.05, 3.63) is 35.6 Å². The molecule has 29 heavy (non-hydrogen) atoms. The molecule has 3 aliphatic rings. The zero-order valence-electron chi connectivity index (χ0n) is 17.5. The second kappa shape index (κ2) is 10.3. The first-order chi connectivity index (χ1) is 14.2. The Kier molecular flexibility index (Phi) is 7.54. The van der Waals surface area contributed by atoms with Crippen LogP contribution in [-0.2, 0) is 0 Å². The van der Waals surface area contributed by atoms with E-state index in [0.29, 0.717) is 12.0 Å². The lowest BCUT2D eigenvalue weighted by molar-refractivity contribution is 0.0365. The Morgan fingerprint density at radius 1 is 1.03 bits per heavy atom. The number of hydrogen-bond acceptors (Lipinski definition) is 5. The van der Waals surface area contributed by atoms with E-state index < -0.39 is 0 Å². The van der Waals surface area contributed by atoms with Gasteiger partial charge in [-0.2, -0.15) is 0 Å². The van der Waals surface area contributed by atoms with E-state index in [0.717, 1.165) is 50.6 Å². The van der Waals surface area contributed by atoms with Gasteiger partial charge >= 0.3 is 0 Å². The van der Waals surface area contributed by atoms with Crippen LogP contribution in [0.1, 0.15) is 50.1 Å². The van der Waals surface area contributed by atoms with Crippen LogP contribution < -0.4 is 10.9 Å². The van der Waals surface area contributed by atoms with Gasteiger partial charge in [0.25, 0.3) is 0 Å². The number of halogens is 1. The number of benzene rings is 1. The number of aliphatic hydroxyl groups excluding tert-OH is 1. The number of nitrogens with zero attached hydrogens (tertiary/aromatic N) is 2. The molecule has 2 aliphatic heterocycles. The lowest BCUT2D eigenvalue weighted by Crippen LogP contribution is -2.55. The smallest absolute Gasteiger partial charge is 0.123 e. The highest BCUT2D eigenvalue weighted by molar-refractivity contribution is 5.21. The van der Waals surface area contributed by atoms with E-state index in [1.165, 1.54) is 38.6 Å². The van der Waals surface area contributed by atoms with E-state index in [1.54, 1.807) is 12.1 Å². The molecule has 3 fully saturated rings. The Bertz CT molecular complexity index is 622. The zero-order valence-corrected chi connectivity index (χ0v) is 17.5. The second-order valence-electron chi connectivity index (χ2n) is 9.24. The molecule has 3 atom stereocenters. The van der Waals surface area contributed by atoms with Crippen LogP contribution >= 0.6 is 0 Å². The normalized spacial score (nSPS) is 30.1. The topological polar surface area (TPSA) is 50.8 Å². The van der Waals surface area contributed by atoms with E-state index in [-0.39, 0.29) is 18.5 Å². The summed E-state index contributed by atoms with van der Waals surface area (Å²) in [6, 6.07) is 7.56. The highest BCUT2D eigenvalue weighted by Gasteiger charge is 2.34. The molecule has 3 unspecified atom stereocenters. The Morgan fingerprint density at radius 2 is 1.83 bits per heavy atom. The van der Waals surface area contributed by atoms with Gasteiger partial charge in [0, 0.05) is 57.8 Å². The first-order valence-electron chi connectivity index (χ1n) is 11.5. The Balaban J connectivity index is 1.33. The predicted molar refractivity (Wildman–Crippen MR) is 114 cm³/mol. The molecule has 0 bridgehead atoms. The Hall–Kier alpha value is -1.05. The molecule has 1 aromatic carbocycles. The van der Waals surface area contributed by atoms with Gasteiger partial charge in [-0.15, -0.1) is 0 Å². The van der Waals surface area contributed by atoms with Gasteiger partial charge in [0.1, 0.15) is 5.82 Å². The van der Waals surface area contributed by atoms with Crippen LogP contribution in [0.25, 0.3) is 0 Å². The van der Waals surface area contributed by atoms with Gasteiger partial charge in [0.05, 0.1) is 6.04 Å². The predicted octanol–water partition coefficient (Wildman–Crippen LogP) is 2.54. The minimum Gasteiger partial charge on any atom is -0.396 e. The molecular formula is C23H37FN4O. The molecule has 1 saturated carbocycles. The third-order valence-corrected chi connectivity index (χ3v) is 7.18. The monoisotopic (exact) mass is 404 g/mol. The van der Waals surface area contributed by atoms with E-state index in [9.17, 15) is 9.50 Å². The zero-order chi connectivity index (χ0) is 20.1. The lowest BCUT2D eigenvalue weighted by atomic mass is 9.88. The van der Waals surface area contributed by atoms with Gasteiger partial charge in [-0.3, -0.25) is 10.3 Å². The molecule has 162 valence electrons. The summed E-state index contributed by atoms with van der Waals surface area (Å²) >= 11 is 0. The molecule has 0 radical (unpaired) electrons.